The summed E-state index contributed by atoms with van der Waals surface area (Å²) >= 11 is 0. The number of benzene rings is 1. The van der Waals surface area contributed by atoms with Crippen LogP contribution in [-0.4, -0.2) is 60.6 Å². The highest BCUT2D eigenvalue weighted by Crippen LogP contribution is 2.45. The van der Waals surface area contributed by atoms with E-state index in [4.69, 9.17) is 9.47 Å². The Hall–Kier alpha value is -2.88. The second-order valence-electron chi connectivity index (χ2n) is 7.47. The van der Waals surface area contributed by atoms with Gasteiger partial charge in [0.25, 0.3) is 11.8 Å². The third kappa shape index (κ3) is 3.80. The van der Waals surface area contributed by atoms with Gasteiger partial charge in [0.1, 0.15) is 5.75 Å². The molecule has 1 saturated heterocycles. The van der Waals surface area contributed by atoms with Gasteiger partial charge < -0.3 is 19.7 Å². The van der Waals surface area contributed by atoms with E-state index in [1.165, 1.54) is 32.2 Å². The lowest BCUT2D eigenvalue weighted by molar-refractivity contribution is -0.191. The molecule has 10 heteroatoms. The molecule has 0 spiro atoms. The Kier molecular flexibility index (Phi) is 6.13. The number of ketones is 1. The maximum Gasteiger partial charge on any atom is 0.425 e. The topological polar surface area (TPSA) is 84.9 Å². The number of Topliss-reactive ketones (excluding diaryl/α,β-unsaturated/α-hetero) is 1. The predicted molar refractivity (Wildman–Crippen MR) is 103 cm³/mol. The van der Waals surface area contributed by atoms with Crippen molar-refractivity contribution in [2.75, 3.05) is 20.3 Å². The number of carbonyl (C=O) groups excluding carboxylic acids is 3. The van der Waals surface area contributed by atoms with Gasteiger partial charge in [-0.1, -0.05) is 12.1 Å². The number of nitrogens with zero attached hydrogens (tertiary/aromatic N) is 1. The summed E-state index contributed by atoms with van der Waals surface area (Å²) in [5.74, 6) is -3.54. The van der Waals surface area contributed by atoms with E-state index in [9.17, 15) is 27.6 Å². The second-order valence-corrected chi connectivity index (χ2v) is 7.47. The third-order valence-electron chi connectivity index (χ3n) is 5.55. The molecule has 0 aliphatic carbocycles. The number of carbonyl (C=O) groups is 3. The molecule has 0 radical (unpaired) electrons. The van der Waals surface area contributed by atoms with Gasteiger partial charge in [0, 0.05) is 12.3 Å². The van der Waals surface area contributed by atoms with E-state index in [1.807, 2.05) is 5.32 Å². The van der Waals surface area contributed by atoms with E-state index in [-0.39, 0.29) is 23.6 Å². The van der Waals surface area contributed by atoms with Gasteiger partial charge >= 0.3 is 6.18 Å². The molecule has 0 saturated carbocycles. The summed E-state index contributed by atoms with van der Waals surface area (Å²) in [6, 6.07) is 5.67. The number of halogens is 3. The quantitative estimate of drug-likeness (QED) is 0.735. The van der Waals surface area contributed by atoms with Gasteiger partial charge in [-0.2, -0.15) is 13.2 Å². The number of alkyl halides is 3. The van der Waals surface area contributed by atoms with Crippen molar-refractivity contribution in [3.05, 3.63) is 41.1 Å². The van der Waals surface area contributed by atoms with Crippen LogP contribution in [0.2, 0.25) is 0 Å². The third-order valence-corrected chi connectivity index (χ3v) is 5.55. The summed E-state index contributed by atoms with van der Waals surface area (Å²) < 4.78 is 54.0. The molecule has 168 valence electrons. The Morgan fingerprint density at radius 2 is 2.00 bits per heavy atom. The maximum absolute atomic E-state index is 14.5. The molecule has 1 aromatic carbocycles. The van der Waals surface area contributed by atoms with Crippen molar-refractivity contribution >= 4 is 17.6 Å². The average Bonchev–Trinajstić information content (AvgIpc) is 3.29. The Bertz CT molecular complexity index is 937. The number of allylic oxidation sites excluding steroid dienone is 1. The lowest BCUT2D eigenvalue weighted by atomic mass is 9.86. The summed E-state index contributed by atoms with van der Waals surface area (Å²) in [6.07, 6.45) is -4.40. The molecular formula is C21H23F3N2O5. The van der Waals surface area contributed by atoms with Crippen molar-refractivity contribution in [2.45, 2.75) is 44.5 Å². The largest absolute Gasteiger partial charge is 0.496 e. The molecule has 7 nitrogen and oxygen atoms in total. The number of para-hydroxylation sites is 1. The molecule has 0 bridgehead atoms. The zero-order valence-corrected chi connectivity index (χ0v) is 17.3. The Balaban J connectivity index is 2.09. The maximum atomic E-state index is 14.5. The van der Waals surface area contributed by atoms with Crippen molar-refractivity contribution < 1.29 is 37.0 Å². The SMILES string of the molecule is COc1ccccc1C(=O)N[C@@]1(C(F)(F)F)C(=O)N(C[C@@H]2CCCO2)C(C)=C1C(C)=O. The fourth-order valence-electron chi connectivity index (χ4n) is 4.12. The second kappa shape index (κ2) is 8.33. The lowest BCUT2D eigenvalue weighted by Gasteiger charge is -2.33. The Labute approximate surface area is 177 Å². The molecule has 31 heavy (non-hydrogen) atoms. The fraction of sp³-hybridized carbons (Fsp3) is 0.476. The molecule has 0 aromatic heterocycles. The van der Waals surface area contributed by atoms with E-state index in [0.717, 1.165) is 18.2 Å². The molecule has 2 atom stereocenters. The minimum atomic E-state index is -5.27. The number of amides is 2. The molecule has 2 aliphatic rings. The molecule has 2 amide bonds. The van der Waals surface area contributed by atoms with E-state index in [0.29, 0.717) is 13.0 Å². The van der Waals surface area contributed by atoms with Crippen LogP contribution in [0.3, 0.4) is 0 Å². The van der Waals surface area contributed by atoms with Crippen molar-refractivity contribution in [3.8, 4) is 5.75 Å². The first-order valence-electron chi connectivity index (χ1n) is 9.72. The monoisotopic (exact) mass is 440 g/mol. The smallest absolute Gasteiger partial charge is 0.425 e. The van der Waals surface area contributed by atoms with Gasteiger partial charge in [0.15, 0.2) is 5.78 Å². The van der Waals surface area contributed by atoms with Crippen molar-refractivity contribution in [3.63, 3.8) is 0 Å². The zero-order chi connectivity index (χ0) is 23.0. The standard InChI is InChI=1S/C21H23F3N2O5/c1-12-17(13(2)27)20(21(22,23)24,19(29)26(12)11-14-7-6-10-31-14)25-18(28)15-8-4-5-9-16(15)30-3/h4-5,8-9,14H,6-7,10-11H2,1-3H3,(H,25,28)/t14-,20+/m0/s1. The van der Waals surface area contributed by atoms with Crippen LogP contribution in [0.1, 0.15) is 37.0 Å². The van der Waals surface area contributed by atoms with Crippen LogP contribution in [-0.2, 0) is 14.3 Å². The van der Waals surface area contributed by atoms with Gasteiger partial charge in [0.05, 0.1) is 30.9 Å². The average molecular weight is 440 g/mol. The minimum Gasteiger partial charge on any atom is -0.496 e. The van der Waals surface area contributed by atoms with Crippen LogP contribution in [0, 0.1) is 0 Å². The van der Waals surface area contributed by atoms with Gasteiger partial charge in [-0.05, 0) is 38.8 Å². The highest BCUT2D eigenvalue weighted by Gasteiger charge is 2.70. The lowest BCUT2D eigenvalue weighted by Crippen LogP contribution is -2.66. The Morgan fingerprint density at radius 1 is 1.32 bits per heavy atom. The number of hydrogen-bond acceptors (Lipinski definition) is 5. The minimum absolute atomic E-state index is 0.0315. The molecule has 0 unspecified atom stereocenters. The highest BCUT2D eigenvalue weighted by molar-refractivity contribution is 6.13. The predicted octanol–water partition coefficient (Wildman–Crippen LogP) is 2.61. The van der Waals surface area contributed by atoms with E-state index < -0.39 is 41.0 Å². The number of rotatable bonds is 6. The van der Waals surface area contributed by atoms with Gasteiger partial charge in [0.2, 0.25) is 5.54 Å². The number of ether oxygens (including phenoxy) is 2. The number of methoxy groups -OCH3 is 1. The summed E-state index contributed by atoms with van der Waals surface area (Å²) in [4.78, 5) is 39.3. The van der Waals surface area contributed by atoms with Crippen LogP contribution in [0.15, 0.2) is 35.5 Å². The van der Waals surface area contributed by atoms with Crippen molar-refractivity contribution in [1.82, 2.24) is 10.2 Å². The van der Waals surface area contributed by atoms with Crippen LogP contribution < -0.4 is 10.1 Å². The van der Waals surface area contributed by atoms with E-state index in [1.54, 1.807) is 6.07 Å². The molecule has 1 N–H and O–H groups in total. The Morgan fingerprint density at radius 3 is 2.55 bits per heavy atom. The molecular weight excluding hydrogens is 417 g/mol. The molecule has 2 heterocycles. The van der Waals surface area contributed by atoms with Crippen LogP contribution in [0.4, 0.5) is 13.2 Å². The molecule has 3 rings (SSSR count). The first kappa shape index (κ1) is 22.8. The van der Waals surface area contributed by atoms with Crippen LogP contribution in [0.25, 0.3) is 0 Å². The summed E-state index contributed by atoms with van der Waals surface area (Å²) in [7, 11) is 1.26. The number of nitrogens with one attached hydrogen (secondary N) is 1. The fourth-order valence-corrected chi connectivity index (χ4v) is 4.12. The summed E-state index contributed by atoms with van der Waals surface area (Å²) in [5.41, 5.74) is -4.64. The summed E-state index contributed by atoms with van der Waals surface area (Å²) in [5, 5.41) is 1.84. The van der Waals surface area contributed by atoms with Gasteiger partial charge in [-0.25, -0.2) is 0 Å². The van der Waals surface area contributed by atoms with E-state index >= 15 is 0 Å². The van der Waals surface area contributed by atoms with Crippen molar-refractivity contribution in [2.24, 2.45) is 0 Å². The van der Waals surface area contributed by atoms with Crippen LogP contribution in [0.5, 0.6) is 5.75 Å². The normalized spacial score (nSPS) is 24.0. The highest BCUT2D eigenvalue weighted by atomic mass is 19.4. The first-order chi connectivity index (χ1) is 14.5. The molecule has 1 aromatic rings. The molecule has 1 fully saturated rings. The molecule has 2 aliphatic heterocycles. The van der Waals surface area contributed by atoms with Gasteiger partial charge in [-0.3, -0.25) is 14.4 Å². The number of hydrogen-bond donors (Lipinski definition) is 1. The first-order valence-corrected chi connectivity index (χ1v) is 9.72. The van der Waals surface area contributed by atoms with Crippen LogP contribution >= 0.6 is 0 Å². The zero-order valence-electron chi connectivity index (χ0n) is 17.3. The summed E-state index contributed by atoms with van der Waals surface area (Å²) in [6.45, 7) is 2.53. The van der Waals surface area contributed by atoms with Gasteiger partial charge in [-0.15, -0.1) is 0 Å². The van der Waals surface area contributed by atoms with E-state index in [2.05, 4.69) is 0 Å². The van der Waals surface area contributed by atoms with Crippen molar-refractivity contribution in [1.29, 1.82) is 0 Å².